The van der Waals surface area contributed by atoms with Gasteiger partial charge in [-0.05, 0) is 39.4 Å². The number of ether oxygens (including phenoxy) is 1. The molecule has 0 aromatic heterocycles. The fraction of sp³-hybridized carbons (Fsp3) is 0.588. The third-order valence-corrected chi connectivity index (χ3v) is 4.29. The second kappa shape index (κ2) is 8.11. The lowest BCUT2D eigenvalue weighted by Gasteiger charge is -2.26. The number of rotatable bonds is 7. The Morgan fingerprint density at radius 1 is 1.43 bits per heavy atom. The Bertz CT molecular complexity index is 538. The van der Waals surface area contributed by atoms with Crippen LogP contribution in [0.2, 0.25) is 5.02 Å². The molecule has 1 aliphatic heterocycles. The molecule has 0 bridgehead atoms. The first kappa shape index (κ1) is 18.2. The lowest BCUT2D eigenvalue weighted by molar-refractivity contribution is -0.121. The number of halogens is 1. The lowest BCUT2D eigenvalue weighted by Crippen LogP contribution is -2.44. The molecule has 2 atom stereocenters. The number of para-hydroxylation sites is 1. The van der Waals surface area contributed by atoms with E-state index in [4.69, 9.17) is 16.3 Å². The van der Waals surface area contributed by atoms with Crippen molar-refractivity contribution >= 4 is 23.2 Å². The van der Waals surface area contributed by atoms with Gasteiger partial charge in [-0.1, -0.05) is 23.7 Å². The van der Waals surface area contributed by atoms with Crippen molar-refractivity contribution in [1.29, 1.82) is 0 Å². The maximum Gasteiger partial charge on any atom is 0.244 e. The predicted octanol–water partition coefficient (Wildman–Crippen LogP) is 2.16. The van der Waals surface area contributed by atoms with Crippen molar-refractivity contribution in [3.05, 3.63) is 29.3 Å². The Balaban J connectivity index is 1.94. The van der Waals surface area contributed by atoms with Gasteiger partial charge in [-0.2, -0.15) is 0 Å². The third-order valence-electron chi connectivity index (χ3n) is 3.97. The van der Waals surface area contributed by atoms with Crippen LogP contribution in [-0.2, 0) is 9.53 Å². The maximum atomic E-state index is 12.7. The number of anilines is 1. The van der Waals surface area contributed by atoms with Crippen LogP contribution in [0.15, 0.2) is 24.3 Å². The summed E-state index contributed by atoms with van der Waals surface area (Å²) in [7, 11) is 1.86. The second-order valence-corrected chi connectivity index (χ2v) is 6.63. The van der Waals surface area contributed by atoms with Crippen molar-refractivity contribution in [2.75, 3.05) is 31.6 Å². The first-order valence-electron chi connectivity index (χ1n) is 7.96. The summed E-state index contributed by atoms with van der Waals surface area (Å²) in [6.45, 7) is 5.17. The van der Waals surface area contributed by atoms with Gasteiger partial charge < -0.3 is 14.7 Å². The Hall–Kier alpha value is -1.14. The minimum absolute atomic E-state index is 0.0255. The molecule has 0 saturated carbocycles. The normalized spacial score (nSPS) is 19.9. The molecule has 1 heterocycles. The topological polar surface area (TPSA) is 53.0 Å². The minimum atomic E-state index is -0.607. The average molecular weight is 341 g/mol. The second-order valence-electron chi connectivity index (χ2n) is 6.22. The van der Waals surface area contributed by atoms with Crippen LogP contribution in [0.25, 0.3) is 0 Å². The van der Waals surface area contributed by atoms with Gasteiger partial charge in [-0.3, -0.25) is 9.69 Å². The van der Waals surface area contributed by atoms with Gasteiger partial charge in [-0.15, -0.1) is 0 Å². The Kier molecular flexibility index (Phi) is 6.41. The van der Waals surface area contributed by atoms with Gasteiger partial charge in [0.1, 0.15) is 0 Å². The molecule has 2 rings (SSSR count). The van der Waals surface area contributed by atoms with E-state index in [2.05, 4.69) is 0 Å². The molecule has 6 heteroatoms. The number of benzene rings is 1. The molecular weight excluding hydrogens is 316 g/mol. The highest BCUT2D eigenvalue weighted by molar-refractivity contribution is 6.33. The van der Waals surface area contributed by atoms with E-state index >= 15 is 0 Å². The number of carbonyl (C=O) groups is 1. The highest BCUT2D eigenvalue weighted by atomic mass is 35.5. The first-order chi connectivity index (χ1) is 10.9. The molecule has 23 heavy (non-hydrogen) atoms. The van der Waals surface area contributed by atoms with E-state index in [9.17, 15) is 9.90 Å². The van der Waals surface area contributed by atoms with Gasteiger partial charge in [0, 0.05) is 13.1 Å². The Labute approximate surface area is 142 Å². The fourth-order valence-electron chi connectivity index (χ4n) is 2.80. The Morgan fingerprint density at radius 3 is 2.78 bits per heavy atom. The molecule has 1 saturated heterocycles. The van der Waals surface area contributed by atoms with Crippen LogP contribution >= 0.6 is 11.6 Å². The van der Waals surface area contributed by atoms with E-state index in [1.54, 1.807) is 11.0 Å². The standard InChI is InChI=1S/C17H25ClN2O3/c1-12(2)23-11-13(21)10-19(3)16-8-9-20(17(16)22)15-7-5-4-6-14(15)18/h4-7,12-13,16,21H,8-11H2,1-3H3. The predicted molar refractivity (Wildman–Crippen MR) is 91.9 cm³/mol. The van der Waals surface area contributed by atoms with Crippen molar-refractivity contribution < 1.29 is 14.6 Å². The largest absolute Gasteiger partial charge is 0.389 e. The van der Waals surface area contributed by atoms with Gasteiger partial charge >= 0.3 is 0 Å². The first-order valence-corrected chi connectivity index (χ1v) is 8.33. The summed E-state index contributed by atoms with van der Waals surface area (Å²) in [4.78, 5) is 16.3. The number of aliphatic hydroxyl groups is 1. The van der Waals surface area contributed by atoms with Gasteiger partial charge in [0.05, 0.1) is 35.6 Å². The van der Waals surface area contributed by atoms with E-state index in [1.807, 2.05) is 44.0 Å². The molecule has 1 N–H and O–H groups in total. The smallest absolute Gasteiger partial charge is 0.244 e. The van der Waals surface area contributed by atoms with E-state index in [0.717, 1.165) is 12.1 Å². The van der Waals surface area contributed by atoms with Crippen molar-refractivity contribution in [2.24, 2.45) is 0 Å². The van der Waals surface area contributed by atoms with Crippen LogP contribution < -0.4 is 4.90 Å². The number of likely N-dealkylation sites (N-methyl/N-ethyl adjacent to an activating group) is 1. The zero-order chi connectivity index (χ0) is 17.0. The zero-order valence-corrected chi connectivity index (χ0v) is 14.7. The maximum absolute atomic E-state index is 12.7. The van der Waals surface area contributed by atoms with Gasteiger partial charge in [0.15, 0.2) is 0 Å². The van der Waals surface area contributed by atoms with Crippen molar-refractivity contribution in [1.82, 2.24) is 4.90 Å². The highest BCUT2D eigenvalue weighted by Gasteiger charge is 2.36. The van der Waals surface area contributed by atoms with Crippen molar-refractivity contribution in [3.8, 4) is 0 Å². The van der Waals surface area contributed by atoms with Crippen LogP contribution in [0.1, 0.15) is 20.3 Å². The molecular formula is C17H25ClN2O3. The molecule has 0 radical (unpaired) electrons. The molecule has 5 nitrogen and oxygen atoms in total. The summed E-state index contributed by atoms with van der Waals surface area (Å²) < 4.78 is 5.41. The molecule has 0 aliphatic carbocycles. The molecule has 2 unspecified atom stereocenters. The van der Waals surface area contributed by atoms with Gasteiger partial charge in [0.25, 0.3) is 0 Å². The van der Waals surface area contributed by atoms with E-state index in [1.165, 1.54) is 0 Å². The molecule has 128 valence electrons. The van der Waals surface area contributed by atoms with Gasteiger partial charge in [-0.25, -0.2) is 0 Å². The van der Waals surface area contributed by atoms with Gasteiger partial charge in [0.2, 0.25) is 5.91 Å². The van der Waals surface area contributed by atoms with Crippen LogP contribution in [-0.4, -0.2) is 60.9 Å². The monoisotopic (exact) mass is 340 g/mol. The molecule has 1 fully saturated rings. The third kappa shape index (κ3) is 4.67. The molecule has 0 spiro atoms. The van der Waals surface area contributed by atoms with Crippen molar-refractivity contribution in [3.63, 3.8) is 0 Å². The van der Waals surface area contributed by atoms with Crippen LogP contribution in [0.4, 0.5) is 5.69 Å². The van der Waals surface area contributed by atoms with Crippen LogP contribution in [0, 0.1) is 0 Å². The number of nitrogens with zero attached hydrogens (tertiary/aromatic N) is 2. The summed E-state index contributed by atoms with van der Waals surface area (Å²) in [5.74, 6) is 0.0255. The summed E-state index contributed by atoms with van der Waals surface area (Å²) in [5, 5.41) is 10.6. The van der Waals surface area contributed by atoms with Crippen molar-refractivity contribution in [2.45, 2.75) is 38.5 Å². The lowest BCUT2D eigenvalue weighted by atomic mass is 10.2. The van der Waals surface area contributed by atoms with Crippen LogP contribution in [0.5, 0.6) is 0 Å². The average Bonchev–Trinajstić information content (AvgIpc) is 2.87. The summed E-state index contributed by atoms with van der Waals surface area (Å²) in [6, 6.07) is 7.13. The van der Waals surface area contributed by atoms with E-state index in [0.29, 0.717) is 18.1 Å². The number of aliphatic hydroxyl groups excluding tert-OH is 1. The molecule has 1 aromatic rings. The summed E-state index contributed by atoms with van der Waals surface area (Å²) in [6.07, 6.45) is 0.196. The number of hydrogen-bond acceptors (Lipinski definition) is 4. The van der Waals surface area contributed by atoms with Crippen LogP contribution in [0.3, 0.4) is 0 Å². The Morgan fingerprint density at radius 2 is 2.13 bits per heavy atom. The molecule has 1 aliphatic rings. The summed E-state index contributed by atoms with van der Waals surface area (Å²) in [5.41, 5.74) is 0.749. The SMILES string of the molecule is CC(C)OCC(O)CN(C)C1CCN(c2ccccc2Cl)C1=O. The quantitative estimate of drug-likeness (QED) is 0.826. The fourth-order valence-corrected chi connectivity index (χ4v) is 3.04. The number of amides is 1. The minimum Gasteiger partial charge on any atom is -0.389 e. The van der Waals surface area contributed by atoms with E-state index in [-0.39, 0.29) is 24.7 Å². The summed E-state index contributed by atoms with van der Waals surface area (Å²) >= 11 is 6.19. The number of carbonyl (C=O) groups excluding carboxylic acids is 1. The highest BCUT2D eigenvalue weighted by Crippen LogP contribution is 2.30. The zero-order valence-electron chi connectivity index (χ0n) is 13.9. The molecule has 1 amide bonds. The molecule has 1 aromatic carbocycles. The van der Waals surface area contributed by atoms with E-state index < -0.39 is 6.10 Å². The number of hydrogen-bond donors (Lipinski definition) is 1.